The highest BCUT2D eigenvalue weighted by Crippen LogP contribution is 2.37. The molecule has 0 amide bonds. The van der Waals surface area contributed by atoms with Gasteiger partial charge in [-0.25, -0.2) is 0 Å². The second-order valence-corrected chi connectivity index (χ2v) is 16.8. The molecule has 0 radical (unpaired) electrons. The molecule has 3 heterocycles. The Kier molecular flexibility index (Phi) is 19.1. The Morgan fingerprint density at radius 2 is 1.71 bits per heavy atom. The van der Waals surface area contributed by atoms with Crippen LogP contribution in [0.2, 0.25) is 0 Å². The van der Waals surface area contributed by atoms with Crippen LogP contribution in [0.3, 0.4) is 0 Å². The van der Waals surface area contributed by atoms with Crippen LogP contribution in [0.15, 0.2) is 24.3 Å². The first kappa shape index (κ1) is 49.3. The van der Waals surface area contributed by atoms with Crippen molar-refractivity contribution in [2.45, 2.75) is 173 Å². The maximum atomic E-state index is 13.2. The van der Waals surface area contributed by atoms with Crippen molar-refractivity contribution in [3.63, 3.8) is 0 Å². The van der Waals surface area contributed by atoms with Crippen molar-refractivity contribution in [3.8, 4) is 0 Å². The number of cyclic esters (lactones) is 1. The molecule has 3 aliphatic rings. The number of hydrogen-bond acceptors (Lipinski definition) is 16. The van der Waals surface area contributed by atoms with E-state index >= 15 is 0 Å². The van der Waals surface area contributed by atoms with Gasteiger partial charge in [-0.3, -0.25) is 19.2 Å². The molecule has 3 aliphatic heterocycles. The van der Waals surface area contributed by atoms with Gasteiger partial charge in [0.25, 0.3) is 0 Å². The largest absolute Gasteiger partial charge is 0.462 e. The summed E-state index contributed by atoms with van der Waals surface area (Å²) in [6, 6.07) is -0.796. The minimum Gasteiger partial charge on any atom is -0.462 e. The Balaban J connectivity index is 1.98. The number of esters is 3. The fourth-order valence-corrected chi connectivity index (χ4v) is 7.98. The standard InChI is InChI=1S/C42H67NO15/c1-23(2)19-32(47)56-40-27(6)53-34(22-42(40,8)50)57-37-26(5)54-41(36(49)35(37)43(9)10)58-38-29(17-18-44)20-24(3)30(46)16-14-12-13-15-25(4)52-33(48)21-31(39(38)51-11)55-28(7)45/h12-14,16,18,23-27,29,31,34-41,49-50H,15,17,19-22H2,1-11H3/b13-12+,16-14+/t24-,25-,26-,27+,29+,31-,34+,35-,36-,37-,38+,39?,40+,41+,42-/m1/s1. The van der Waals surface area contributed by atoms with E-state index in [2.05, 4.69) is 0 Å². The summed E-state index contributed by atoms with van der Waals surface area (Å²) in [5.74, 6) is -3.31. The molecule has 16 heteroatoms. The van der Waals surface area contributed by atoms with Gasteiger partial charge in [0.15, 0.2) is 24.5 Å². The van der Waals surface area contributed by atoms with Crippen LogP contribution < -0.4 is 0 Å². The number of aliphatic hydroxyl groups is 2. The molecule has 330 valence electrons. The van der Waals surface area contributed by atoms with Gasteiger partial charge in [-0.15, -0.1) is 0 Å². The molecule has 0 saturated carbocycles. The molecule has 0 spiro atoms. The molecule has 0 aromatic heterocycles. The highest BCUT2D eigenvalue weighted by atomic mass is 16.7. The summed E-state index contributed by atoms with van der Waals surface area (Å²) < 4.78 is 48.4. The Hall–Kier alpha value is -3.09. The van der Waals surface area contributed by atoms with Gasteiger partial charge < -0.3 is 57.8 Å². The van der Waals surface area contributed by atoms with Gasteiger partial charge in [0.1, 0.15) is 42.4 Å². The smallest absolute Gasteiger partial charge is 0.309 e. The molecule has 0 aromatic carbocycles. The van der Waals surface area contributed by atoms with Crippen molar-refractivity contribution in [1.82, 2.24) is 4.90 Å². The van der Waals surface area contributed by atoms with Crippen LogP contribution in [0.5, 0.6) is 0 Å². The maximum Gasteiger partial charge on any atom is 0.309 e. The van der Waals surface area contributed by atoms with Gasteiger partial charge in [-0.05, 0) is 66.1 Å². The lowest BCUT2D eigenvalue weighted by molar-refractivity contribution is -0.344. The summed E-state index contributed by atoms with van der Waals surface area (Å²) in [4.78, 5) is 65.4. The molecule has 0 aliphatic carbocycles. The summed E-state index contributed by atoms with van der Waals surface area (Å²) in [5.41, 5.74) is -1.51. The lowest BCUT2D eigenvalue weighted by Gasteiger charge is -2.50. The Bertz CT molecular complexity index is 1430. The van der Waals surface area contributed by atoms with Crippen molar-refractivity contribution in [3.05, 3.63) is 24.3 Å². The van der Waals surface area contributed by atoms with Crippen LogP contribution in [0, 0.1) is 17.8 Å². The lowest BCUT2D eigenvalue weighted by atomic mass is 9.83. The van der Waals surface area contributed by atoms with Crippen LogP contribution in [0.1, 0.15) is 93.9 Å². The highest BCUT2D eigenvalue weighted by Gasteiger charge is 2.53. The van der Waals surface area contributed by atoms with Crippen LogP contribution in [-0.2, 0) is 61.9 Å². The zero-order valence-corrected chi connectivity index (χ0v) is 35.9. The molecule has 0 bridgehead atoms. The first-order valence-corrected chi connectivity index (χ1v) is 20.3. The van der Waals surface area contributed by atoms with Crippen molar-refractivity contribution in [2.24, 2.45) is 17.8 Å². The molecule has 15 atom stereocenters. The summed E-state index contributed by atoms with van der Waals surface area (Å²) in [5, 5.41) is 23.5. The number of aliphatic hydroxyl groups excluding tert-OH is 1. The van der Waals surface area contributed by atoms with Crippen molar-refractivity contribution < 1.29 is 72.1 Å². The average molecular weight is 826 g/mol. The molecule has 2 fully saturated rings. The van der Waals surface area contributed by atoms with Gasteiger partial charge in [-0.1, -0.05) is 39.0 Å². The first-order chi connectivity index (χ1) is 27.2. The van der Waals surface area contributed by atoms with Gasteiger partial charge in [0.2, 0.25) is 0 Å². The second-order valence-electron chi connectivity index (χ2n) is 16.8. The predicted octanol–water partition coefficient (Wildman–Crippen LogP) is 3.22. The topological polar surface area (TPSA) is 203 Å². The minimum atomic E-state index is -1.51. The molecule has 16 nitrogen and oxygen atoms in total. The summed E-state index contributed by atoms with van der Waals surface area (Å²) in [6.07, 6.45) is -4.02. The fraction of sp³-hybridized carbons (Fsp3) is 0.786. The molecule has 2 N–H and O–H groups in total. The van der Waals surface area contributed by atoms with E-state index in [1.54, 1.807) is 71.8 Å². The third-order valence-electron chi connectivity index (χ3n) is 10.8. The van der Waals surface area contributed by atoms with E-state index in [4.69, 9.17) is 37.9 Å². The van der Waals surface area contributed by atoms with E-state index in [-0.39, 0.29) is 37.4 Å². The molecule has 2 saturated heterocycles. The first-order valence-electron chi connectivity index (χ1n) is 20.3. The van der Waals surface area contributed by atoms with Crippen LogP contribution in [0.4, 0.5) is 0 Å². The van der Waals surface area contributed by atoms with E-state index in [1.165, 1.54) is 20.1 Å². The second kappa shape index (κ2) is 22.5. The number of likely N-dealkylation sites (N-methyl/N-ethyl adjacent to an activating group) is 1. The highest BCUT2D eigenvalue weighted by molar-refractivity contribution is 5.91. The third kappa shape index (κ3) is 14.0. The zero-order valence-electron chi connectivity index (χ0n) is 35.9. The predicted molar refractivity (Wildman–Crippen MR) is 209 cm³/mol. The van der Waals surface area contributed by atoms with Gasteiger partial charge in [0, 0.05) is 45.6 Å². The number of ether oxygens (including phenoxy) is 8. The number of nitrogens with zero attached hydrogens (tertiary/aromatic N) is 1. The lowest BCUT2D eigenvalue weighted by Crippen LogP contribution is -2.66. The van der Waals surface area contributed by atoms with Gasteiger partial charge >= 0.3 is 17.9 Å². The Labute approximate surface area is 342 Å². The monoisotopic (exact) mass is 825 g/mol. The molecule has 1 unspecified atom stereocenters. The SMILES string of the molecule is COC1[C@@H](O[C@@H]2O[C@H](C)[C@@H](O[C@H]3C[C@@](C)(O)[C@@H](OC(=O)CC(C)C)[C@H](C)O3)[C@H](N(C)C)[C@H]2O)[C@@H](CC=O)C[C@@H](C)C(=O)/C=C/C=C/C[C@@H](C)OC(=O)C[C@H]1OC(C)=O. The zero-order chi connectivity index (χ0) is 43.5. The molecule has 58 heavy (non-hydrogen) atoms. The molecular formula is C42H67NO15. The van der Waals surface area contributed by atoms with Crippen LogP contribution in [0.25, 0.3) is 0 Å². The number of carbonyl (C=O) groups excluding carboxylic acids is 5. The number of rotatable bonds is 12. The Morgan fingerprint density at radius 3 is 2.29 bits per heavy atom. The summed E-state index contributed by atoms with van der Waals surface area (Å²) >= 11 is 0. The van der Waals surface area contributed by atoms with E-state index < -0.39 is 115 Å². The number of aldehydes is 1. The average Bonchev–Trinajstić information content (AvgIpc) is 3.09. The number of methoxy groups -OCH3 is 1. The Morgan fingerprint density at radius 1 is 1.02 bits per heavy atom. The molecule has 0 aromatic rings. The van der Waals surface area contributed by atoms with Crippen molar-refractivity contribution in [2.75, 3.05) is 21.2 Å². The number of hydrogen-bond donors (Lipinski definition) is 2. The molecule has 3 rings (SSSR count). The van der Waals surface area contributed by atoms with Crippen LogP contribution in [-0.4, -0.2) is 145 Å². The summed E-state index contributed by atoms with van der Waals surface area (Å²) in [6.45, 7) is 13.4. The van der Waals surface area contributed by atoms with E-state index in [1.807, 2.05) is 13.8 Å². The van der Waals surface area contributed by atoms with Gasteiger partial charge in [0.05, 0.1) is 30.8 Å². The minimum absolute atomic E-state index is 0.0531. The summed E-state index contributed by atoms with van der Waals surface area (Å²) in [7, 11) is 4.82. The maximum absolute atomic E-state index is 13.2. The quantitative estimate of drug-likeness (QED) is 0.165. The molecular weight excluding hydrogens is 758 g/mol. The van der Waals surface area contributed by atoms with E-state index in [9.17, 15) is 34.2 Å². The van der Waals surface area contributed by atoms with Crippen LogP contribution >= 0.6 is 0 Å². The fourth-order valence-electron chi connectivity index (χ4n) is 7.98. The number of carbonyl (C=O) groups is 5. The third-order valence-corrected chi connectivity index (χ3v) is 10.8. The van der Waals surface area contributed by atoms with E-state index in [0.29, 0.717) is 12.7 Å². The van der Waals surface area contributed by atoms with Crippen molar-refractivity contribution >= 4 is 30.0 Å². The normalized spacial score (nSPS) is 39.4. The van der Waals surface area contributed by atoms with Crippen molar-refractivity contribution in [1.29, 1.82) is 0 Å². The van der Waals surface area contributed by atoms with E-state index in [0.717, 1.165) is 0 Å². The number of allylic oxidation sites excluding steroid dienone is 3. The van der Waals surface area contributed by atoms with Gasteiger partial charge in [-0.2, -0.15) is 0 Å². The number of ketones is 1.